The molecule has 0 spiro atoms. The lowest BCUT2D eigenvalue weighted by atomic mass is 10.2. The predicted molar refractivity (Wildman–Crippen MR) is 120 cm³/mol. The summed E-state index contributed by atoms with van der Waals surface area (Å²) in [6.45, 7) is -0.811. The highest BCUT2D eigenvalue weighted by Gasteiger charge is 2.37. The number of alkyl halides is 3. The lowest BCUT2D eigenvalue weighted by molar-refractivity contribution is -0.275. The molecular formula is C22H20F3N3O6S. The third-order valence-corrected chi connectivity index (χ3v) is 6.35. The Morgan fingerprint density at radius 1 is 1.00 bits per heavy atom. The third-order valence-electron chi connectivity index (χ3n) is 4.55. The van der Waals surface area contributed by atoms with Crippen LogP contribution in [-0.2, 0) is 14.8 Å². The maximum absolute atomic E-state index is 13.7. The van der Waals surface area contributed by atoms with Gasteiger partial charge in [0.1, 0.15) is 28.7 Å². The monoisotopic (exact) mass is 511 g/mol. The Morgan fingerprint density at radius 2 is 1.69 bits per heavy atom. The van der Waals surface area contributed by atoms with Crippen molar-refractivity contribution in [2.45, 2.75) is 11.3 Å². The SMILES string of the molecule is COc1ccc(OC)c(N(CC(=O)Nc2ccncc2)S(=O)(=O)c2ccccc2OC(F)(F)F)c1. The zero-order chi connectivity index (χ0) is 25.6. The first kappa shape index (κ1) is 25.6. The summed E-state index contributed by atoms with van der Waals surface area (Å²) in [6.07, 6.45) is -2.32. The zero-order valence-corrected chi connectivity index (χ0v) is 19.3. The molecule has 0 unspecified atom stereocenters. The molecule has 0 fully saturated rings. The molecule has 9 nitrogen and oxygen atoms in total. The van der Waals surface area contributed by atoms with Crippen molar-refractivity contribution in [3.05, 3.63) is 67.0 Å². The lowest BCUT2D eigenvalue weighted by Crippen LogP contribution is -2.38. The molecule has 0 aliphatic carbocycles. The Balaban J connectivity index is 2.13. The van der Waals surface area contributed by atoms with Crippen molar-refractivity contribution >= 4 is 27.3 Å². The highest BCUT2D eigenvalue weighted by Crippen LogP contribution is 2.38. The van der Waals surface area contributed by atoms with Gasteiger partial charge in [0, 0.05) is 24.1 Å². The van der Waals surface area contributed by atoms with Crippen molar-refractivity contribution in [2.75, 3.05) is 30.4 Å². The second-order valence-electron chi connectivity index (χ2n) is 6.83. The van der Waals surface area contributed by atoms with Crippen LogP contribution in [0.2, 0.25) is 0 Å². The van der Waals surface area contributed by atoms with Crippen LogP contribution in [0.3, 0.4) is 0 Å². The average Bonchev–Trinajstić information content (AvgIpc) is 2.82. The largest absolute Gasteiger partial charge is 0.573 e. The number of nitrogens with zero attached hydrogens (tertiary/aromatic N) is 2. The van der Waals surface area contributed by atoms with Crippen LogP contribution in [0.4, 0.5) is 24.5 Å². The molecule has 1 heterocycles. The van der Waals surface area contributed by atoms with Crippen molar-refractivity contribution in [3.8, 4) is 17.2 Å². The van der Waals surface area contributed by atoms with E-state index in [1.807, 2.05) is 0 Å². The van der Waals surface area contributed by atoms with Crippen LogP contribution in [0.25, 0.3) is 0 Å². The number of halogens is 3. The van der Waals surface area contributed by atoms with Gasteiger partial charge >= 0.3 is 6.36 Å². The summed E-state index contributed by atoms with van der Waals surface area (Å²) in [7, 11) is -2.19. The molecule has 35 heavy (non-hydrogen) atoms. The summed E-state index contributed by atoms with van der Waals surface area (Å²) in [5.41, 5.74) is 0.194. The molecule has 0 radical (unpaired) electrons. The molecule has 3 rings (SSSR count). The van der Waals surface area contributed by atoms with E-state index >= 15 is 0 Å². The maximum atomic E-state index is 13.7. The Labute approximate surface area is 199 Å². The molecular weight excluding hydrogens is 491 g/mol. The Hall–Kier alpha value is -4.00. The van der Waals surface area contributed by atoms with Crippen molar-refractivity contribution in [3.63, 3.8) is 0 Å². The van der Waals surface area contributed by atoms with Gasteiger partial charge in [-0.25, -0.2) is 8.42 Å². The maximum Gasteiger partial charge on any atom is 0.573 e. The molecule has 0 saturated heterocycles. The van der Waals surface area contributed by atoms with Gasteiger partial charge in [0.25, 0.3) is 10.0 Å². The van der Waals surface area contributed by atoms with E-state index in [1.54, 1.807) is 0 Å². The second kappa shape index (κ2) is 10.5. The van der Waals surface area contributed by atoms with Crippen LogP contribution in [0.1, 0.15) is 0 Å². The molecule has 1 amide bonds. The molecule has 2 aromatic carbocycles. The predicted octanol–water partition coefficient (Wildman–Crippen LogP) is 3.83. The van der Waals surface area contributed by atoms with Gasteiger partial charge < -0.3 is 19.5 Å². The highest BCUT2D eigenvalue weighted by atomic mass is 32.2. The molecule has 13 heteroatoms. The number of carbonyl (C=O) groups excluding carboxylic acids is 1. The van der Waals surface area contributed by atoms with Crippen LogP contribution in [0, 0.1) is 0 Å². The summed E-state index contributed by atoms with van der Waals surface area (Å²) >= 11 is 0. The van der Waals surface area contributed by atoms with Gasteiger partial charge in [0.05, 0.1) is 19.9 Å². The molecule has 186 valence electrons. The number of hydrogen-bond acceptors (Lipinski definition) is 7. The summed E-state index contributed by atoms with van der Waals surface area (Å²) in [5, 5.41) is 2.52. The smallest absolute Gasteiger partial charge is 0.497 e. The Bertz CT molecular complexity index is 1290. The molecule has 0 bridgehead atoms. The first-order valence-corrected chi connectivity index (χ1v) is 11.3. The number of hydrogen-bond donors (Lipinski definition) is 1. The minimum Gasteiger partial charge on any atom is -0.497 e. The van der Waals surface area contributed by atoms with E-state index in [4.69, 9.17) is 9.47 Å². The fourth-order valence-electron chi connectivity index (χ4n) is 3.05. The van der Waals surface area contributed by atoms with Crippen LogP contribution in [0.15, 0.2) is 71.9 Å². The summed E-state index contributed by atoms with van der Waals surface area (Å²) in [4.78, 5) is 15.8. The molecule has 0 saturated carbocycles. The molecule has 1 aromatic heterocycles. The zero-order valence-electron chi connectivity index (χ0n) is 18.4. The summed E-state index contributed by atoms with van der Waals surface area (Å²) in [5.74, 6) is -1.49. The normalized spacial score (nSPS) is 11.5. The van der Waals surface area contributed by atoms with Gasteiger partial charge in [-0.05, 0) is 36.4 Å². The van der Waals surface area contributed by atoms with E-state index in [2.05, 4.69) is 15.0 Å². The van der Waals surface area contributed by atoms with Crippen LogP contribution < -0.4 is 23.8 Å². The number of aromatic nitrogens is 1. The van der Waals surface area contributed by atoms with Crippen LogP contribution in [0.5, 0.6) is 17.2 Å². The van der Waals surface area contributed by atoms with E-state index in [9.17, 15) is 26.4 Å². The third kappa shape index (κ3) is 6.32. The van der Waals surface area contributed by atoms with E-state index in [0.717, 1.165) is 12.1 Å². The van der Waals surface area contributed by atoms with E-state index in [1.165, 1.54) is 69.1 Å². The first-order valence-electron chi connectivity index (χ1n) is 9.84. The minimum absolute atomic E-state index is 0.0281. The number of ether oxygens (including phenoxy) is 3. The average molecular weight is 511 g/mol. The number of nitrogens with one attached hydrogen (secondary N) is 1. The van der Waals surface area contributed by atoms with Gasteiger partial charge in [0.15, 0.2) is 0 Å². The standard InChI is InChI=1S/C22H20F3N3O6S/c1-32-16-7-8-18(33-2)17(13-16)28(14-21(29)27-15-9-11-26-12-10-15)35(30,31)20-6-4-3-5-19(20)34-22(23,24)25/h3-13H,14H2,1-2H3,(H,26,27,29). The van der Waals surface area contributed by atoms with Crippen molar-refractivity contribution in [1.82, 2.24) is 4.98 Å². The van der Waals surface area contributed by atoms with Crippen molar-refractivity contribution < 1.29 is 40.6 Å². The fourth-order valence-corrected chi connectivity index (χ4v) is 4.59. The van der Waals surface area contributed by atoms with Gasteiger partial charge in [-0.1, -0.05) is 12.1 Å². The number of amides is 1. The van der Waals surface area contributed by atoms with Crippen molar-refractivity contribution in [2.24, 2.45) is 0 Å². The molecule has 0 atom stereocenters. The minimum atomic E-state index is -5.15. The summed E-state index contributed by atoms with van der Waals surface area (Å²) < 4.78 is 81.2. The number of benzene rings is 2. The number of para-hydroxylation sites is 1. The topological polar surface area (TPSA) is 107 Å². The second-order valence-corrected chi connectivity index (χ2v) is 8.66. The van der Waals surface area contributed by atoms with E-state index in [0.29, 0.717) is 9.99 Å². The van der Waals surface area contributed by atoms with Crippen LogP contribution in [-0.4, -0.2) is 46.4 Å². The Morgan fingerprint density at radius 3 is 2.31 bits per heavy atom. The molecule has 3 aromatic rings. The molecule has 0 aliphatic heterocycles. The number of anilines is 2. The van der Waals surface area contributed by atoms with Gasteiger partial charge in [0.2, 0.25) is 5.91 Å². The number of sulfonamides is 1. The Kier molecular flexibility index (Phi) is 7.69. The number of rotatable bonds is 9. The van der Waals surface area contributed by atoms with Gasteiger partial charge in [-0.15, -0.1) is 13.2 Å². The first-order chi connectivity index (χ1) is 16.5. The lowest BCUT2D eigenvalue weighted by Gasteiger charge is -2.27. The van der Waals surface area contributed by atoms with Gasteiger partial charge in [-0.3, -0.25) is 14.1 Å². The van der Waals surface area contributed by atoms with Crippen LogP contribution >= 0.6 is 0 Å². The highest BCUT2D eigenvalue weighted by molar-refractivity contribution is 7.93. The summed E-state index contributed by atoms with van der Waals surface area (Å²) in [6, 6.07) is 11.4. The quantitative estimate of drug-likeness (QED) is 0.465. The molecule has 1 N–H and O–H groups in total. The van der Waals surface area contributed by atoms with Gasteiger partial charge in [-0.2, -0.15) is 0 Å². The molecule has 0 aliphatic rings. The number of pyridine rings is 1. The number of carbonyl (C=O) groups is 1. The van der Waals surface area contributed by atoms with E-state index < -0.39 is 39.5 Å². The van der Waals surface area contributed by atoms with Crippen molar-refractivity contribution in [1.29, 1.82) is 0 Å². The number of methoxy groups -OCH3 is 2. The van der Waals surface area contributed by atoms with E-state index in [-0.39, 0.29) is 17.2 Å². The fraction of sp³-hybridized carbons (Fsp3) is 0.182.